The number of hydrogen-bond donors (Lipinski definition) is 1. The largest absolute Gasteiger partial charge is 0.483 e. The van der Waals surface area contributed by atoms with Gasteiger partial charge in [0, 0.05) is 5.02 Å². The number of ether oxygens (including phenoxy) is 1. The minimum atomic E-state index is -0.523. The second kappa shape index (κ2) is 9.74. The van der Waals surface area contributed by atoms with Crippen LogP contribution in [0.15, 0.2) is 52.3 Å². The molecule has 1 heterocycles. The summed E-state index contributed by atoms with van der Waals surface area (Å²) in [6.45, 7) is 6.94. The Labute approximate surface area is 190 Å². The summed E-state index contributed by atoms with van der Waals surface area (Å²) < 4.78 is 5.69. The van der Waals surface area contributed by atoms with E-state index in [0.29, 0.717) is 27.9 Å². The molecule has 3 rings (SSSR count). The molecule has 2 aromatic carbocycles. The minimum Gasteiger partial charge on any atom is -0.483 e. The monoisotopic (exact) mass is 454 g/mol. The molecule has 1 N–H and O–H groups in total. The van der Waals surface area contributed by atoms with Crippen molar-refractivity contribution in [3.05, 3.63) is 68.7 Å². The number of nitrogens with one attached hydrogen (secondary N) is 1. The minimum absolute atomic E-state index is 0.0595. The number of halogens is 1. The summed E-state index contributed by atoms with van der Waals surface area (Å²) in [4.78, 5) is 40.4. The number of amides is 2. The average Bonchev–Trinajstić information content (AvgIpc) is 3.01. The highest BCUT2D eigenvalue weighted by Gasteiger charge is 2.29. The topological polar surface area (TPSA) is 100 Å². The van der Waals surface area contributed by atoms with Crippen LogP contribution in [0.25, 0.3) is 6.08 Å². The molecule has 0 aromatic heterocycles. The number of benzene rings is 2. The summed E-state index contributed by atoms with van der Waals surface area (Å²) in [5.41, 5.74) is 5.22. The molecule has 0 aliphatic carbocycles. The lowest BCUT2D eigenvalue weighted by atomic mass is 9.99. The van der Waals surface area contributed by atoms with Gasteiger partial charge in [-0.3, -0.25) is 15.0 Å². The molecule has 0 fully saturated rings. The maximum Gasteiger partial charge on any atom is 0.296 e. The molecule has 0 atom stereocenters. The number of rotatable bonds is 7. The van der Waals surface area contributed by atoms with Crippen molar-refractivity contribution >= 4 is 41.0 Å². The number of aliphatic imine (C=N–C) groups is 1. The van der Waals surface area contributed by atoms with E-state index in [4.69, 9.17) is 16.3 Å². The molecular weight excluding hydrogens is 432 g/mol. The fourth-order valence-corrected chi connectivity index (χ4v) is 3.26. The number of hydrazine groups is 1. The van der Waals surface area contributed by atoms with Crippen LogP contribution in [0.1, 0.15) is 43.4 Å². The third kappa shape index (κ3) is 5.20. The van der Waals surface area contributed by atoms with E-state index in [1.54, 1.807) is 56.3 Å². The van der Waals surface area contributed by atoms with Crippen LogP contribution >= 0.6 is 11.6 Å². The van der Waals surface area contributed by atoms with E-state index in [0.717, 1.165) is 16.1 Å². The molecule has 32 heavy (non-hydrogen) atoms. The van der Waals surface area contributed by atoms with Gasteiger partial charge >= 0.3 is 0 Å². The Hall–Kier alpha value is -3.52. The summed E-state index contributed by atoms with van der Waals surface area (Å²) >= 11 is 5.88. The molecule has 0 spiro atoms. The van der Waals surface area contributed by atoms with E-state index in [2.05, 4.69) is 15.6 Å². The lowest BCUT2D eigenvalue weighted by Crippen LogP contribution is -2.47. The van der Waals surface area contributed by atoms with Gasteiger partial charge in [0.2, 0.25) is 0 Å². The van der Waals surface area contributed by atoms with Gasteiger partial charge in [-0.2, -0.15) is 0 Å². The number of nitroso groups, excluding NO2 is 1. The standard InChI is InChI=1S/C23H23ClN4O4/c1-13(2)18-11-19(27-31)14(3)9-21(18)32-12-22(29)26-28-15(4)25-20(23(28)30)10-16-5-7-17(24)8-6-16/h5-11,13H,12H2,1-4H3,(H,26,29)/b20-10+. The van der Waals surface area contributed by atoms with Gasteiger partial charge in [-0.05, 0) is 72.0 Å². The highest BCUT2D eigenvalue weighted by Crippen LogP contribution is 2.33. The predicted octanol–water partition coefficient (Wildman–Crippen LogP) is 4.88. The molecule has 166 valence electrons. The van der Waals surface area contributed by atoms with Crippen LogP contribution in [0, 0.1) is 11.8 Å². The number of amidine groups is 1. The molecule has 9 heteroatoms. The normalized spacial score (nSPS) is 14.7. The van der Waals surface area contributed by atoms with Gasteiger partial charge in [0.1, 0.15) is 23.0 Å². The van der Waals surface area contributed by atoms with Crippen LogP contribution in [0.3, 0.4) is 0 Å². The zero-order valence-corrected chi connectivity index (χ0v) is 18.9. The van der Waals surface area contributed by atoms with Gasteiger partial charge in [0.15, 0.2) is 6.61 Å². The van der Waals surface area contributed by atoms with E-state index in [9.17, 15) is 14.5 Å². The summed E-state index contributed by atoms with van der Waals surface area (Å²) in [5.74, 6) is -0.0917. The van der Waals surface area contributed by atoms with Gasteiger partial charge in [-0.25, -0.2) is 10.0 Å². The van der Waals surface area contributed by atoms with Crippen LogP contribution in [0.5, 0.6) is 5.75 Å². The molecule has 8 nitrogen and oxygen atoms in total. The zero-order chi connectivity index (χ0) is 23.4. The van der Waals surface area contributed by atoms with Gasteiger partial charge < -0.3 is 4.74 Å². The second-order valence-corrected chi connectivity index (χ2v) is 8.06. The van der Waals surface area contributed by atoms with Gasteiger partial charge in [0.25, 0.3) is 11.8 Å². The Balaban J connectivity index is 1.67. The number of aryl methyl sites for hydroxylation is 1. The number of carbonyl (C=O) groups is 2. The Morgan fingerprint density at radius 3 is 2.56 bits per heavy atom. The molecule has 2 amide bonds. The Bertz CT molecular complexity index is 1120. The van der Waals surface area contributed by atoms with E-state index in [1.165, 1.54) is 0 Å². The lowest BCUT2D eigenvalue weighted by Gasteiger charge is -2.19. The van der Waals surface area contributed by atoms with Crippen molar-refractivity contribution in [1.29, 1.82) is 0 Å². The SMILES string of the molecule is CC1=N/C(=C/c2ccc(Cl)cc2)C(=O)N1NC(=O)COc1cc(C)c(N=O)cc1C(C)C. The van der Waals surface area contributed by atoms with Crippen LogP contribution in [-0.2, 0) is 9.59 Å². The number of carbonyl (C=O) groups excluding carboxylic acids is 2. The van der Waals surface area contributed by atoms with E-state index >= 15 is 0 Å². The quantitative estimate of drug-likeness (QED) is 0.475. The first kappa shape index (κ1) is 23.1. The van der Waals surface area contributed by atoms with Gasteiger partial charge in [-0.1, -0.05) is 37.6 Å². The molecule has 0 saturated heterocycles. The van der Waals surface area contributed by atoms with Crippen molar-refractivity contribution < 1.29 is 14.3 Å². The van der Waals surface area contributed by atoms with Crippen molar-refractivity contribution in [2.75, 3.05) is 6.61 Å². The lowest BCUT2D eigenvalue weighted by molar-refractivity contribution is -0.134. The first-order chi connectivity index (χ1) is 15.2. The molecule has 1 aliphatic heterocycles. The average molecular weight is 455 g/mol. The fraction of sp³-hybridized carbons (Fsp3) is 0.261. The highest BCUT2D eigenvalue weighted by molar-refractivity contribution is 6.30. The third-order valence-electron chi connectivity index (χ3n) is 4.85. The summed E-state index contributed by atoms with van der Waals surface area (Å²) in [5, 5.41) is 4.70. The maximum absolute atomic E-state index is 12.7. The summed E-state index contributed by atoms with van der Waals surface area (Å²) in [6.07, 6.45) is 1.62. The Morgan fingerprint density at radius 1 is 1.25 bits per heavy atom. The van der Waals surface area contributed by atoms with Crippen molar-refractivity contribution in [3.63, 3.8) is 0 Å². The Kier molecular flexibility index (Phi) is 7.05. The Morgan fingerprint density at radius 2 is 1.94 bits per heavy atom. The fourth-order valence-electron chi connectivity index (χ4n) is 3.14. The summed E-state index contributed by atoms with van der Waals surface area (Å²) in [6, 6.07) is 10.3. The van der Waals surface area contributed by atoms with Crippen LogP contribution < -0.4 is 10.2 Å². The predicted molar refractivity (Wildman–Crippen MR) is 124 cm³/mol. The van der Waals surface area contributed by atoms with E-state index in [-0.39, 0.29) is 18.2 Å². The highest BCUT2D eigenvalue weighted by atomic mass is 35.5. The zero-order valence-electron chi connectivity index (χ0n) is 18.2. The second-order valence-electron chi connectivity index (χ2n) is 7.63. The smallest absolute Gasteiger partial charge is 0.296 e. The van der Waals surface area contributed by atoms with Crippen molar-refractivity contribution in [3.8, 4) is 5.75 Å². The summed E-state index contributed by atoms with van der Waals surface area (Å²) in [7, 11) is 0. The van der Waals surface area contributed by atoms with E-state index in [1.807, 2.05) is 13.8 Å². The first-order valence-electron chi connectivity index (χ1n) is 9.96. The molecule has 0 saturated carbocycles. The molecule has 2 aromatic rings. The number of hydrogen-bond acceptors (Lipinski definition) is 6. The van der Waals surface area contributed by atoms with Crippen LogP contribution in [0.4, 0.5) is 5.69 Å². The van der Waals surface area contributed by atoms with Crippen LogP contribution in [-0.4, -0.2) is 29.3 Å². The van der Waals surface area contributed by atoms with Crippen LogP contribution in [0.2, 0.25) is 5.02 Å². The first-order valence-corrected chi connectivity index (χ1v) is 10.3. The third-order valence-corrected chi connectivity index (χ3v) is 5.10. The van der Waals surface area contributed by atoms with Crippen molar-refractivity contribution in [2.24, 2.45) is 10.2 Å². The van der Waals surface area contributed by atoms with Gasteiger partial charge in [-0.15, -0.1) is 4.91 Å². The molecule has 1 aliphatic rings. The molecule has 0 unspecified atom stereocenters. The van der Waals surface area contributed by atoms with Crippen molar-refractivity contribution in [2.45, 2.75) is 33.6 Å². The molecule has 0 bridgehead atoms. The molecule has 0 radical (unpaired) electrons. The van der Waals surface area contributed by atoms with Gasteiger partial charge in [0.05, 0.1) is 0 Å². The number of nitrogens with zero attached hydrogens (tertiary/aromatic N) is 3. The molecular formula is C23H23ClN4O4. The van der Waals surface area contributed by atoms with E-state index < -0.39 is 11.8 Å². The maximum atomic E-state index is 12.7. The van der Waals surface area contributed by atoms with Crippen molar-refractivity contribution in [1.82, 2.24) is 10.4 Å².